The molecule has 0 aliphatic carbocycles. The molecule has 0 bridgehead atoms. The van der Waals surface area contributed by atoms with E-state index >= 15 is 0 Å². The molecule has 0 atom stereocenters. The van der Waals surface area contributed by atoms with Crippen LogP contribution in [0.3, 0.4) is 0 Å². The van der Waals surface area contributed by atoms with Gasteiger partial charge in [-0.05, 0) is 12.1 Å². The van der Waals surface area contributed by atoms with Crippen LogP contribution >= 0.6 is 11.8 Å². The van der Waals surface area contributed by atoms with E-state index in [-0.39, 0.29) is 17.4 Å². The first-order valence-electron chi connectivity index (χ1n) is 9.77. The van der Waals surface area contributed by atoms with Crippen LogP contribution < -0.4 is 5.32 Å². The van der Waals surface area contributed by atoms with Gasteiger partial charge in [0.2, 0.25) is 5.89 Å². The Morgan fingerprint density at radius 2 is 1.94 bits per heavy atom. The summed E-state index contributed by atoms with van der Waals surface area (Å²) in [5.41, 5.74) is 1.32. The van der Waals surface area contributed by atoms with Gasteiger partial charge >= 0.3 is 0 Å². The number of rotatable bonds is 9. The third-order valence-electron chi connectivity index (χ3n) is 4.46. The average Bonchev–Trinajstić information content (AvgIpc) is 3.46. The predicted molar refractivity (Wildman–Crippen MR) is 117 cm³/mol. The van der Waals surface area contributed by atoms with Gasteiger partial charge in [-0.1, -0.05) is 54.2 Å². The number of oxazole rings is 1. The fourth-order valence-electron chi connectivity index (χ4n) is 2.95. The van der Waals surface area contributed by atoms with Crippen LogP contribution in [0.25, 0.3) is 17.1 Å². The first kappa shape index (κ1) is 21.7. The highest BCUT2D eigenvalue weighted by Crippen LogP contribution is 2.30. The molecule has 8 nitrogen and oxygen atoms in total. The van der Waals surface area contributed by atoms with Gasteiger partial charge in [0, 0.05) is 19.2 Å². The summed E-state index contributed by atoms with van der Waals surface area (Å²) in [6.45, 7) is 0.780. The Bertz CT molecular complexity index is 1200. The number of carbonyl (C=O) groups excluding carboxylic acids is 1. The summed E-state index contributed by atoms with van der Waals surface area (Å²) >= 11 is 1.28. The summed E-state index contributed by atoms with van der Waals surface area (Å²) in [4.78, 5) is 16.3. The van der Waals surface area contributed by atoms with Crippen molar-refractivity contribution >= 4 is 17.7 Å². The largest absolute Gasteiger partial charge is 0.447 e. The van der Waals surface area contributed by atoms with Crippen molar-refractivity contribution in [2.75, 3.05) is 20.3 Å². The molecule has 0 fully saturated rings. The lowest BCUT2D eigenvalue weighted by atomic mass is 10.2. The molecule has 0 saturated carbocycles. The van der Waals surface area contributed by atoms with E-state index in [0.717, 1.165) is 5.56 Å². The Hall–Kier alpha value is -3.50. The number of hydrogen-bond donors (Lipinski definition) is 1. The van der Waals surface area contributed by atoms with Crippen molar-refractivity contribution in [1.29, 1.82) is 0 Å². The molecule has 164 valence electrons. The van der Waals surface area contributed by atoms with Gasteiger partial charge in [0.15, 0.2) is 16.7 Å². The number of methoxy groups -OCH3 is 1. The van der Waals surface area contributed by atoms with Gasteiger partial charge in [-0.2, -0.15) is 0 Å². The van der Waals surface area contributed by atoms with Crippen molar-refractivity contribution in [2.45, 2.75) is 10.9 Å². The van der Waals surface area contributed by atoms with Gasteiger partial charge in [0.05, 0.1) is 18.0 Å². The molecule has 2 aromatic heterocycles. The van der Waals surface area contributed by atoms with Crippen LogP contribution in [0, 0.1) is 5.82 Å². The number of halogens is 1. The van der Waals surface area contributed by atoms with Crippen molar-refractivity contribution in [3.05, 3.63) is 78.3 Å². The number of amides is 1. The first-order chi connectivity index (χ1) is 15.7. The molecule has 0 aliphatic heterocycles. The lowest BCUT2D eigenvalue weighted by Gasteiger charge is -2.10. The molecular weight excluding hydrogens is 433 g/mol. The number of carbonyl (C=O) groups is 1. The molecule has 1 N–H and O–H groups in total. The minimum atomic E-state index is -0.391. The van der Waals surface area contributed by atoms with E-state index in [2.05, 4.69) is 20.5 Å². The van der Waals surface area contributed by atoms with Gasteiger partial charge in [0.25, 0.3) is 5.91 Å². The Balaban J connectivity index is 1.57. The van der Waals surface area contributed by atoms with E-state index in [9.17, 15) is 9.18 Å². The van der Waals surface area contributed by atoms with E-state index < -0.39 is 5.82 Å². The number of thioether (sulfide) groups is 1. The van der Waals surface area contributed by atoms with Crippen LogP contribution in [0.1, 0.15) is 16.4 Å². The van der Waals surface area contributed by atoms with E-state index in [1.54, 1.807) is 29.9 Å². The van der Waals surface area contributed by atoms with Crippen molar-refractivity contribution in [3.8, 4) is 17.1 Å². The second kappa shape index (κ2) is 10.2. The van der Waals surface area contributed by atoms with Crippen LogP contribution in [0.2, 0.25) is 0 Å². The second-order valence-electron chi connectivity index (χ2n) is 6.62. The van der Waals surface area contributed by atoms with Crippen LogP contribution in [-0.2, 0) is 10.5 Å². The van der Waals surface area contributed by atoms with Gasteiger partial charge in [-0.15, -0.1) is 10.2 Å². The number of ether oxygens (including phenoxy) is 1. The van der Waals surface area contributed by atoms with Crippen molar-refractivity contribution in [1.82, 2.24) is 25.1 Å². The highest BCUT2D eigenvalue weighted by Gasteiger charge is 2.20. The summed E-state index contributed by atoms with van der Waals surface area (Å²) < 4.78 is 26.6. The SMILES string of the molecule is COCCNC(=O)c1coc(CSc2nnc(-c3ccccc3)n2-c2ccccc2F)n1. The topological polar surface area (TPSA) is 95.1 Å². The third kappa shape index (κ3) is 4.87. The highest BCUT2D eigenvalue weighted by molar-refractivity contribution is 7.98. The zero-order chi connectivity index (χ0) is 22.3. The standard InChI is InChI=1S/C22H20FN5O3S/c1-30-12-11-24-21(29)17-13-31-19(25-17)14-32-22-27-26-20(15-7-3-2-4-8-15)28(22)18-10-6-5-9-16(18)23/h2-10,13H,11-12,14H2,1H3,(H,24,29). The quantitative estimate of drug-likeness (QED) is 0.305. The molecule has 32 heavy (non-hydrogen) atoms. The van der Waals surface area contributed by atoms with E-state index in [1.165, 1.54) is 24.1 Å². The summed E-state index contributed by atoms with van der Waals surface area (Å²) in [5.74, 6) is 0.410. The first-order valence-corrected chi connectivity index (χ1v) is 10.8. The Labute approximate surface area is 187 Å². The van der Waals surface area contributed by atoms with E-state index in [1.807, 2.05) is 30.3 Å². The molecule has 0 aliphatic rings. The fourth-order valence-corrected chi connectivity index (χ4v) is 3.75. The molecule has 2 aromatic carbocycles. The monoisotopic (exact) mass is 453 g/mol. The number of para-hydroxylation sites is 1. The molecule has 0 unspecified atom stereocenters. The Morgan fingerprint density at radius 1 is 1.16 bits per heavy atom. The Morgan fingerprint density at radius 3 is 2.72 bits per heavy atom. The lowest BCUT2D eigenvalue weighted by molar-refractivity contribution is 0.0932. The highest BCUT2D eigenvalue weighted by atomic mass is 32.2. The Kier molecular flexibility index (Phi) is 6.93. The summed E-state index contributed by atoms with van der Waals surface area (Å²) in [6.07, 6.45) is 1.30. The third-order valence-corrected chi connectivity index (χ3v) is 5.37. The number of nitrogens with one attached hydrogen (secondary N) is 1. The molecule has 4 rings (SSSR count). The molecule has 0 saturated heterocycles. The molecule has 0 radical (unpaired) electrons. The fraction of sp³-hybridized carbons (Fsp3) is 0.182. The summed E-state index contributed by atoms with van der Waals surface area (Å²) in [6, 6.07) is 15.9. The van der Waals surface area contributed by atoms with Crippen molar-refractivity contribution < 1.29 is 18.3 Å². The molecule has 2 heterocycles. The van der Waals surface area contributed by atoms with Crippen LogP contribution in [0.5, 0.6) is 0 Å². The lowest BCUT2D eigenvalue weighted by Crippen LogP contribution is -2.27. The maximum Gasteiger partial charge on any atom is 0.273 e. The summed E-state index contributed by atoms with van der Waals surface area (Å²) in [5, 5.41) is 11.7. The van der Waals surface area contributed by atoms with Crippen molar-refractivity contribution in [3.63, 3.8) is 0 Å². The van der Waals surface area contributed by atoms with Crippen LogP contribution in [0.15, 0.2) is 70.4 Å². The molecule has 0 spiro atoms. The van der Waals surface area contributed by atoms with Gasteiger partial charge in [-0.25, -0.2) is 9.37 Å². The minimum absolute atomic E-state index is 0.178. The second-order valence-corrected chi connectivity index (χ2v) is 7.57. The number of aromatic nitrogens is 4. The predicted octanol–water partition coefficient (Wildman–Crippen LogP) is 3.73. The van der Waals surface area contributed by atoms with Gasteiger partial charge in [0.1, 0.15) is 12.1 Å². The average molecular weight is 453 g/mol. The molecule has 4 aromatic rings. The normalized spacial score (nSPS) is 10.9. The number of hydrogen-bond acceptors (Lipinski definition) is 7. The molecular formula is C22H20FN5O3S. The molecule has 1 amide bonds. The van der Waals surface area contributed by atoms with E-state index in [0.29, 0.717) is 35.7 Å². The zero-order valence-corrected chi connectivity index (χ0v) is 18.0. The zero-order valence-electron chi connectivity index (χ0n) is 17.2. The smallest absolute Gasteiger partial charge is 0.273 e. The minimum Gasteiger partial charge on any atom is -0.447 e. The van der Waals surface area contributed by atoms with Crippen LogP contribution in [-0.4, -0.2) is 45.9 Å². The number of benzene rings is 2. The summed E-state index contributed by atoms with van der Waals surface area (Å²) in [7, 11) is 1.56. The van der Waals surface area contributed by atoms with Gasteiger partial charge in [-0.3, -0.25) is 9.36 Å². The van der Waals surface area contributed by atoms with E-state index in [4.69, 9.17) is 9.15 Å². The van der Waals surface area contributed by atoms with Crippen molar-refractivity contribution in [2.24, 2.45) is 0 Å². The van der Waals surface area contributed by atoms with Crippen LogP contribution in [0.4, 0.5) is 4.39 Å². The maximum atomic E-state index is 14.6. The number of nitrogens with zero attached hydrogens (tertiary/aromatic N) is 4. The maximum absolute atomic E-state index is 14.6. The van der Waals surface area contributed by atoms with Gasteiger partial charge < -0.3 is 14.5 Å². The molecule has 10 heteroatoms.